The number of carbonyl (C=O) groups is 1. The zero-order chi connectivity index (χ0) is 13.4. The van der Waals surface area contributed by atoms with Crippen LogP contribution in [-0.2, 0) is 4.79 Å². The highest BCUT2D eigenvalue weighted by atomic mass is 16.4. The van der Waals surface area contributed by atoms with E-state index in [-0.39, 0.29) is 0 Å². The molecule has 1 rings (SSSR count). The van der Waals surface area contributed by atoms with Crippen LogP contribution in [0.1, 0.15) is 70.6 Å². The van der Waals surface area contributed by atoms with E-state index in [1.807, 2.05) is 19.0 Å². The van der Waals surface area contributed by atoms with E-state index in [0.29, 0.717) is 0 Å². The maximum absolute atomic E-state index is 11.7. The Morgan fingerprint density at radius 3 is 1.44 bits per heavy atom. The summed E-state index contributed by atoms with van der Waals surface area (Å²) < 4.78 is 0. The third-order valence-corrected chi connectivity index (χ3v) is 4.43. The van der Waals surface area contributed by atoms with Crippen LogP contribution in [0.3, 0.4) is 0 Å². The van der Waals surface area contributed by atoms with Gasteiger partial charge in [0, 0.05) is 0 Å². The molecule has 18 heavy (non-hydrogen) atoms. The van der Waals surface area contributed by atoms with Gasteiger partial charge in [-0.15, -0.1) is 0 Å². The van der Waals surface area contributed by atoms with E-state index in [2.05, 4.69) is 0 Å². The van der Waals surface area contributed by atoms with Crippen LogP contribution in [0.4, 0.5) is 0 Å². The molecule has 0 amide bonds. The first-order chi connectivity index (χ1) is 8.59. The predicted octanol–water partition coefficient (Wildman–Crippen LogP) is 3.68. The first-order valence-corrected chi connectivity index (χ1v) is 7.50. The fourth-order valence-electron chi connectivity index (χ4n) is 3.05. The Labute approximate surface area is 112 Å². The first kappa shape index (κ1) is 15.5. The molecule has 0 unspecified atom stereocenters. The molecule has 0 aromatic heterocycles. The van der Waals surface area contributed by atoms with Gasteiger partial charge in [-0.05, 0) is 26.9 Å². The summed E-state index contributed by atoms with van der Waals surface area (Å²) in [7, 11) is 3.83. The van der Waals surface area contributed by atoms with Crippen molar-refractivity contribution in [1.29, 1.82) is 0 Å². The molecular formula is C15H29NO2. The van der Waals surface area contributed by atoms with Crippen molar-refractivity contribution in [2.45, 2.75) is 76.2 Å². The molecular weight excluding hydrogens is 226 g/mol. The third kappa shape index (κ3) is 4.27. The van der Waals surface area contributed by atoms with Crippen molar-refractivity contribution >= 4 is 5.97 Å². The highest BCUT2D eigenvalue weighted by Crippen LogP contribution is 2.29. The summed E-state index contributed by atoms with van der Waals surface area (Å²) in [6.07, 6.45) is 12.6. The summed E-state index contributed by atoms with van der Waals surface area (Å²) in [6.45, 7) is 0. The van der Waals surface area contributed by atoms with E-state index in [9.17, 15) is 9.90 Å². The molecule has 1 aliphatic carbocycles. The maximum atomic E-state index is 11.7. The Balaban J connectivity index is 2.66. The minimum absolute atomic E-state index is 0.626. The Morgan fingerprint density at radius 2 is 1.17 bits per heavy atom. The molecule has 0 atom stereocenters. The summed E-state index contributed by atoms with van der Waals surface area (Å²) in [5, 5.41) is 9.62. The average Bonchev–Trinajstić information content (AvgIpc) is 2.29. The fraction of sp³-hybridized carbons (Fsp3) is 0.933. The van der Waals surface area contributed by atoms with Crippen LogP contribution in [0, 0.1) is 0 Å². The van der Waals surface area contributed by atoms with Crippen LogP contribution in [0.15, 0.2) is 0 Å². The second-order valence-electron chi connectivity index (χ2n) is 5.91. The molecule has 0 aromatic carbocycles. The number of rotatable bonds is 2. The number of carboxylic acids is 1. The summed E-state index contributed by atoms with van der Waals surface area (Å²) in [5.41, 5.74) is -0.626. The van der Waals surface area contributed by atoms with Gasteiger partial charge in [-0.2, -0.15) is 0 Å². The van der Waals surface area contributed by atoms with E-state index in [4.69, 9.17) is 0 Å². The number of carboxylic acid groups (broad SMARTS) is 1. The van der Waals surface area contributed by atoms with Gasteiger partial charge in [0.2, 0.25) is 0 Å². The van der Waals surface area contributed by atoms with Crippen molar-refractivity contribution in [3.05, 3.63) is 0 Å². The molecule has 106 valence electrons. The van der Waals surface area contributed by atoms with Crippen LogP contribution in [0.2, 0.25) is 0 Å². The molecule has 0 heterocycles. The maximum Gasteiger partial charge on any atom is 0.324 e. The zero-order valence-corrected chi connectivity index (χ0v) is 12.1. The number of likely N-dealkylation sites (N-methyl/N-ethyl adjacent to an activating group) is 1. The van der Waals surface area contributed by atoms with Crippen LogP contribution in [-0.4, -0.2) is 35.6 Å². The second kappa shape index (κ2) is 7.78. The van der Waals surface area contributed by atoms with Gasteiger partial charge in [-0.3, -0.25) is 9.69 Å². The van der Waals surface area contributed by atoms with Crippen LogP contribution < -0.4 is 0 Å². The molecule has 1 fully saturated rings. The molecule has 0 bridgehead atoms. The number of hydrogen-bond donors (Lipinski definition) is 1. The van der Waals surface area contributed by atoms with E-state index in [1.54, 1.807) is 0 Å². The molecule has 1 saturated carbocycles. The Morgan fingerprint density at radius 1 is 0.833 bits per heavy atom. The van der Waals surface area contributed by atoms with E-state index >= 15 is 0 Å². The van der Waals surface area contributed by atoms with Crippen molar-refractivity contribution in [2.75, 3.05) is 14.1 Å². The molecule has 0 saturated heterocycles. The number of hydrogen-bond acceptors (Lipinski definition) is 2. The van der Waals surface area contributed by atoms with Gasteiger partial charge in [0.25, 0.3) is 0 Å². The molecule has 1 N–H and O–H groups in total. The lowest BCUT2D eigenvalue weighted by Gasteiger charge is -2.36. The van der Waals surface area contributed by atoms with Gasteiger partial charge in [-0.1, -0.05) is 57.8 Å². The van der Waals surface area contributed by atoms with Gasteiger partial charge in [-0.25, -0.2) is 0 Å². The first-order valence-electron chi connectivity index (χ1n) is 7.50. The van der Waals surface area contributed by atoms with Crippen LogP contribution in [0.25, 0.3) is 0 Å². The molecule has 0 spiro atoms. The molecule has 3 nitrogen and oxygen atoms in total. The predicted molar refractivity (Wildman–Crippen MR) is 74.8 cm³/mol. The van der Waals surface area contributed by atoms with Crippen molar-refractivity contribution < 1.29 is 9.90 Å². The normalized spacial score (nSPS) is 23.1. The minimum atomic E-state index is -0.635. The van der Waals surface area contributed by atoms with Crippen molar-refractivity contribution in [1.82, 2.24) is 4.90 Å². The van der Waals surface area contributed by atoms with Crippen molar-refractivity contribution in [2.24, 2.45) is 0 Å². The second-order valence-corrected chi connectivity index (χ2v) is 5.91. The smallest absolute Gasteiger partial charge is 0.324 e. The molecule has 0 aromatic rings. The van der Waals surface area contributed by atoms with E-state index in [1.165, 1.54) is 44.9 Å². The summed E-state index contributed by atoms with van der Waals surface area (Å²) in [5.74, 6) is -0.635. The number of aliphatic carboxylic acids is 1. The SMILES string of the molecule is CN(C)C1(C(=O)O)CCCCCCCCCCC1. The fourth-order valence-corrected chi connectivity index (χ4v) is 3.05. The Hall–Kier alpha value is -0.570. The molecule has 0 radical (unpaired) electrons. The zero-order valence-electron chi connectivity index (χ0n) is 12.1. The summed E-state index contributed by atoms with van der Waals surface area (Å²) in [6, 6.07) is 0. The average molecular weight is 255 g/mol. The number of nitrogens with zero attached hydrogens (tertiary/aromatic N) is 1. The van der Waals surface area contributed by atoms with Crippen LogP contribution >= 0.6 is 0 Å². The van der Waals surface area contributed by atoms with Gasteiger partial charge < -0.3 is 5.11 Å². The molecule has 3 heteroatoms. The Kier molecular flexibility index (Phi) is 6.69. The van der Waals surface area contributed by atoms with Gasteiger partial charge >= 0.3 is 5.97 Å². The quantitative estimate of drug-likeness (QED) is 0.818. The van der Waals surface area contributed by atoms with Gasteiger partial charge in [0.1, 0.15) is 5.54 Å². The largest absolute Gasteiger partial charge is 0.480 e. The minimum Gasteiger partial charge on any atom is -0.480 e. The van der Waals surface area contributed by atoms with Crippen molar-refractivity contribution in [3.63, 3.8) is 0 Å². The molecule has 1 aliphatic rings. The van der Waals surface area contributed by atoms with E-state index in [0.717, 1.165) is 25.7 Å². The monoisotopic (exact) mass is 255 g/mol. The Bertz CT molecular complexity index is 239. The van der Waals surface area contributed by atoms with E-state index < -0.39 is 11.5 Å². The van der Waals surface area contributed by atoms with Gasteiger partial charge in [0.15, 0.2) is 0 Å². The molecule has 0 aliphatic heterocycles. The van der Waals surface area contributed by atoms with Crippen LogP contribution in [0.5, 0.6) is 0 Å². The lowest BCUT2D eigenvalue weighted by Crippen LogP contribution is -2.51. The standard InChI is InChI=1S/C15H29NO2/c1-16(2)15(14(17)18)12-10-8-6-4-3-5-7-9-11-13-15/h3-13H2,1-2H3,(H,17,18). The third-order valence-electron chi connectivity index (χ3n) is 4.43. The van der Waals surface area contributed by atoms with Crippen molar-refractivity contribution in [3.8, 4) is 0 Å². The highest BCUT2D eigenvalue weighted by Gasteiger charge is 2.39. The lowest BCUT2D eigenvalue weighted by atomic mass is 9.84. The highest BCUT2D eigenvalue weighted by molar-refractivity contribution is 5.78. The van der Waals surface area contributed by atoms with Gasteiger partial charge in [0.05, 0.1) is 0 Å². The summed E-state index contributed by atoms with van der Waals surface area (Å²) >= 11 is 0. The lowest BCUT2D eigenvalue weighted by molar-refractivity contribution is -0.151. The topological polar surface area (TPSA) is 40.5 Å². The summed E-state index contributed by atoms with van der Waals surface area (Å²) in [4.78, 5) is 13.6.